The van der Waals surface area contributed by atoms with Gasteiger partial charge in [0, 0.05) is 17.6 Å². The molecule has 0 bridgehead atoms. The molecule has 20 heavy (non-hydrogen) atoms. The quantitative estimate of drug-likeness (QED) is 0.873. The Hall–Kier alpha value is -1.45. The Morgan fingerprint density at radius 2 is 1.80 bits per heavy atom. The first-order valence-electron chi connectivity index (χ1n) is 6.61. The molecule has 1 N–H and O–H groups in total. The van der Waals surface area contributed by atoms with Gasteiger partial charge in [-0.25, -0.2) is 8.78 Å². The maximum absolute atomic E-state index is 14.0. The van der Waals surface area contributed by atoms with Gasteiger partial charge in [0.15, 0.2) is 0 Å². The zero-order chi connectivity index (χ0) is 14.1. The average molecular weight is 294 g/mol. The number of benzene rings is 2. The van der Waals surface area contributed by atoms with Crippen LogP contribution in [0, 0.1) is 11.6 Å². The molecule has 4 heteroatoms. The van der Waals surface area contributed by atoms with Crippen molar-refractivity contribution in [3.8, 4) is 11.1 Å². The van der Waals surface area contributed by atoms with Gasteiger partial charge in [-0.15, -0.1) is 0 Å². The Kier molecular flexibility index (Phi) is 3.72. The summed E-state index contributed by atoms with van der Waals surface area (Å²) in [4.78, 5) is 0. The highest BCUT2D eigenvalue weighted by molar-refractivity contribution is 6.30. The number of nitrogens with one attached hydrogen (secondary N) is 1. The van der Waals surface area contributed by atoms with Crippen molar-refractivity contribution in [3.05, 3.63) is 58.6 Å². The predicted octanol–water partition coefficient (Wildman–Crippen LogP) is 4.54. The van der Waals surface area contributed by atoms with Crippen LogP contribution in [0.15, 0.2) is 36.4 Å². The maximum atomic E-state index is 14.0. The van der Waals surface area contributed by atoms with Crippen LogP contribution in [-0.4, -0.2) is 6.04 Å². The van der Waals surface area contributed by atoms with Gasteiger partial charge in [-0.05, 0) is 48.2 Å². The lowest BCUT2D eigenvalue weighted by molar-refractivity contribution is 0.589. The zero-order valence-corrected chi connectivity index (χ0v) is 11.6. The van der Waals surface area contributed by atoms with Gasteiger partial charge < -0.3 is 5.32 Å². The smallest absolute Gasteiger partial charge is 0.133 e. The molecule has 1 nitrogen and oxygen atoms in total. The topological polar surface area (TPSA) is 12.0 Å². The molecule has 0 unspecified atom stereocenters. The number of halogens is 3. The van der Waals surface area contributed by atoms with Crippen molar-refractivity contribution in [2.24, 2.45) is 0 Å². The van der Waals surface area contributed by atoms with E-state index in [9.17, 15) is 8.78 Å². The van der Waals surface area contributed by atoms with E-state index in [1.807, 2.05) is 6.07 Å². The molecule has 0 amide bonds. The van der Waals surface area contributed by atoms with Gasteiger partial charge in [-0.3, -0.25) is 0 Å². The third-order valence-electron chi connectivity index (χ3n) is 3.46. The molecule has 0 aliphatic heterocycles. The molecular weight excluding hydrogens is 280 g/mol. The largest absolute Gasteiger partial charge is 0.310 e. The van der Waals surface area contributed by atoms with E-state index in [0.717, 1.165) is 18.4 Å². The molecule has 0 saturated heterocycles. The lowest BCUT2D eigenvalue weighted by atomic mass is 9.98. The van der Waals surface area contributed by atoms with Gasteiger partial charge in [0.25, 0.3) is 0 Å². The lowest BCUT2D eigenvalue weighted by Gasteiger charge is -2.13. The first-order valence-corrected chi connectivity index (χ1v) is 6.99. The first-order chi connectivity index (χ1) is 9.65. The fourth-order valence-corrected chi connectivity index (χ4v) is 2.40. The summed E-state index contributed by atoms with van der Waals surface area (Å²) in [7, 11) is 0. The normalized spacial score (nSPS) is 14.6. The molecule has 104 valence electrons. The Labute approximate surface area is 121 Å². The minimum Gasteiger partial charge on any atom is -0.310 e. The summed E-state index contributed by atoms with van der Waals surface area (Å²) in [5.41, 5.74) is 1.36. The standard InChI is InChI=1S/C16H14ClF2N/c17-11-5-4-10(9-20-12-6-7-12)13(8-11)16-14(18)2-1-3-15(16)19/h1-5,8,12,20H,6-7,9H2. The molecule has 2 aromatic carbocycles. The summed E-state index contributed by atoms with van der Waals surface area (Å²) in [6.45, 7) is 0.588. The molecule has 2 aromatic rings. The van der Waals surface area contributed by atoms with Crippen molar-refractivity contribution in [1.29, 1.82) is 0 Å². The van der Waals surface area contributed by atoms with Crippen LogP contribution >= 0.6 is 11.6 Å². The van der Waals surface area contributed by atoms with Crippen molar-refractivity contribution in [1.82, 2.24) is 5.32 Å². The van der Waals surface area contributed by atoms with Crippen LogP contribution in [0.4, 0.5) is 8.78 Å². The third-order valence-corrected chi connectivity index (χ3v) is 3.70. The molecular formula is C16H14ClF2N. The van der Waals surface area contributed by atoms with Crippen LogP contribution in [0.3, 0.4) is 0 Å². The van der Waals surface area contributed by atoms with E-state index in [1.54, 1.807) is 12.1 Å². The van der Waals surface area contributed by atoms with Crippen LogP contribution in [-0.2, 0) is 6.54 Å². The summed E-state index contributed by atoms with van der Waals surface area (Å²) < 4.78 is 27.9. The average Bonchev–Trinajstić information content (AvgIpc) is 3.22. The van der Waals surface area contributed by atoms with Crippen LogP contribution in [0.25, 0.3) is 11.1 Å². The maximum Gasteiger partial charge on any atom is 0.133 e. The minimum absolute atomic E-state index is 0.0115. The summed E-state index contributed by atoms with van der Waals surface area (Å²) in [5.74, 6) is -1.14. The predicted molar refractivity (Wildman–Crippen MR) is 76.7 cm³/mol. The molecule has 0 atom stereocenters. The van der Waals surface area contributed by atoms with Gasteiger partial charge in [-0.1, -0.05) is 23.7 Å². The highest BCUT2D eigenvalue weighted by atomic mass is 35.5. The van der Waals surface area contributed by atoms with Gasteiger partial charge in [0.2, 0.25) is 0 Å². The summed E-state index contributed by atoms with van der Waals surface area (Å²) in [6.07, 6.45) is 2.33. The summed E-state index contributed by atoms with van der Waals surface area (Å²) in [6, 6.07) is 9.60. The van der Waals surface area contributed by atoms with Crippen molar-refractivity contribution in [3.63, 3.8) is 0 Å². The molecule has 1 fully saturated rings. The molecule has 0 aromatic heterocycles. The second-order valence-corrected chi connectivity index (χ2v) is 5.49. The van der Waals surface area contributed by atoms with E-state index in [0.29, 0.717) is 23.2 Å². The third kappa shape index (κ3) is 2.84. The fraction of sp³-hybridized carbons (Fsp3) is 0.250. The lowest BCUT2D eigenvalue weighted by Crippen LogP contribution is -2.16. The van der Waals surface area contributed by atoms with E-state index in [4.69, 9.17) is 11.6 Å². The molecule has 1 saturated carbocycles. The van der Waals surface area contributed by atoms with Crippen LogP contribution in [0.5, 0.6) is 0 Å². The van der Waals surface area contributed by atoms with Gasteiger partial charge in [-0.2, -0.15) is 0 Å². The van der Waals surface area contributed by atoms with Crippen molar-refractivity contribution < 1.29 is 8.78 Å². The van der Waals surface area contributed by atoms with Crippen molar-refractivity contribution in [2.45, 2.75) is 25.4 Å². The minimum atomic E-state index is -0.570. The fourth-order valence-electron chi connectivity index (χ4n) is 2.23. The van der Waals surface area contributed by atoms with Crippen molar-refractivity contribution >= 4 is 11.6 Å². The first kappa shape index (κ1) is 13.5. The molecule has 1 aliphatic rings. The Morgan fingerprint density at radius 3 is 2.45 bits per heavy atom. The second kappa shape index (κ2) is 5.51. The summed E-state index contributed by atoms with van der Waals surface area (Å²) >= 11 is 5.98. The Morgan fingerprint density at radius 1 is 1.10 bits per heavy atom. The van der Waals surface area contributed by atoms with E-state index in [-0.39, 0.29) is 5.56 Å². The van der Waals surface area contributed by atoms with Gasteiger partial charge >= 0.3 is 0 Å². The zero-order valence-electron chi connectivity index (χ0n) is 10.8. The number of hydrogen-bond donors (Lipinski definition) is 1. The molecule has 1 aliphatic carbocycles. The highest BCUT2D eigenvalue weighted by Gasteiger charge is 2.21. The van der Waals surface area contributed by atoms with E-state index < -0.39 is 11.6 Å². The van der Waals surface area contributed by atoms with E-state index in [2.05, 4.69) is 5.32 Å². The number of hydrogen-bond acceptors (Lipinski definition) is 1. The Bertz CT molecular complexity index is 618. The second-order valence-electron chi connectivity index (χ2n) is 5.05. The van der Waals surface area contributed by atoms with E-state index >= 15 is 0 Å². The molecule has 0 radical (unpaired) electrons. The van der Waals surface area contributed by atoms with Gasteiger partial charge in [0.1, 0.15) is 11.6 Å². The molecule has 0 heterocycles. The summed E-state index contributed by atoms with van der Waals surface area (Å²) in [5, 5.41) is 3.82. The van der Waals surface area contributed by atoms with E-state index in [1.165, 1.54) is 18.2 Å². The molecule has 0 spiro atoms. The SMILES string of the molecule is Fc1cccc(F)c1-c1cc(Cl)ccc1CNC1CC1. The monoisotopic (exact) mass is 293 g/mol. The van der Waals surface area contributed by atoms with Gasteiger partial charge in [0.05, 0.1) is 5.56 Å². The van der Waals surface area contributed by atoms with Crippen molar-refractivity contribution in [2.75, 3.05) is 0 Å². The number of rotatable bonds is 4. The highest BCUT2D eigenvalue weighted by Crippen LogP contribution is 2.32. The Balaban J connectivity index is 2.03. The molecule has 3 rings (SSSR count). The van der Waals surface area contributed by atoms with Crippen LogP contribution < -0.4 is 5.32 Å². The van der Waals surface area contributed by atoms with Crippen LogP contribution in [0.2, 0.25) is 5.02 Å². The van der Waals surface area contributed by atoms with Crippen LogP contribution in [0.1, 0.15) is 18.4 Å².